The molecule has 1 aliphatic carbocycles. The van der Waals surface area contributed by atoms with Crippen LogP contribution in [0.2, 0.25) is 0 Å². The van der Waals surface area contributed by atoms with E-state index in [1.807, 2.05) is 140 Å². The van der Waals surface area contributed by atoms with Crippen molar-refractivity contribution in [3.05, 3.63) is 299 Å². The maximum Gasteiger partial charge on any atom is 0.152 e. The molecule has 0 bridgehead atoms. The number of rotatable bonds is 10. The fraction of sp³-hybridized carbons (Fsp3) is 0.143. The molecule has 2 aromatic heterocycles. The predicted octanol–water partition coefficient (Wildman–Crippen LogP) is 19.2. The molecule has 11 aromatic rings. The van der Waals surface area contributed by atoms with Gasteiger partial charge in [-0.3, -0.25) is 19.3 Å². The summed E-state index contributed by atoms with van der Waals surface area (Å²) in [5.41, 5.74) is 19.0. The second-order valence-corrected chi connectivity index (χ2v) is 23.5. The number of hydrogen-bond acceptors (Lipinski definition) is 6. The van der Waals surface area contributed by atoms with Gasteiger partial charge in [-0.1, -0.05) is 170 Å². The third-order valence-electron chi connectivity index (χ3n) is 18.6. The van der Waals surface area contributed by atoms with Gasteiger partial charge in [0.05, 0.1) is 39.7 Å². The zero-order valence-corrected chi connectivity index (χ0v) is 47.3. The Morgan fingerprint density at radius 3 is 1.44 bits per heavy atom. The summed E-state index contributed by atoms with van der Waals surface area (Å²) in [7, 11) is 0. The van der Waals surface area contributed by atoms with Gasteiger partial charge < -0.3 is 20.8 Å². The van der Waals surface area contributed by atoms with Gasteiger partial charge in [0.25, 0.3) is 0 Å². The maximum absolute atomic E-state index is 17.2. The van der Waals surface area contributed by atoms with Crippen LogP contribution in [0.4, 0.5) is 34.1 Å². The van der Waals surface area contributed by atoms with E-state index in [1.54, 1.807) is 0 Å². The van der Waals surface area contributed by atoms with Gasteiger partial charge in [-0.25, -0.2) is 0 Å². The second kappa shape index (κ2) is 21.4. The Morgan fingerprint density at radius 1 is 0.424 bits per heavy atom. The lowest BCUT2D eigenvalue weighted by atomic mass is 9.82. The molecule has 0 saturated carbocycles. The summed E-state index contributed by atoms with van der Waals surface area (Å²) in [6, 6.07) is 82.1. The van der Waals surface area contributed by atoms with Gasteiger partial charge in [-0.05, 0) is 108 Å². The molecule has 3 aliphatic heterocycles. The van der Waals surface area contributed by atoms with Crippen LogP contribution in [0.5, 0.6) is 0 Å². The number of piperidine rings is 1. The number of pyridine rings is 2. The van der Waals surface area contributed by atoms with Crippen molar-refractivity contribution < 1.29 is 5.11 Å². The zero-order chi connectivity index (χ0) is 57.2. The number of aliphatic hydroxyl groups excluding tert-OH is 1. The van der Waals surface area contributed by atoms with Crippen LogP contribution in [0.3, 0.4) is 0 Å². The first-order chi connectivity index (χ1) is 41.7. The van der Waals surface area contributed by atoms with Crippen LogP contribution >= 0.6 is 0 Å². The molecule has 1 saturated heterocycles. The molecule has 8 heteroatoms. The highest BCUT2D eigenvalue weighted by atomic mass is 16.6. The summed E-state index contributed by atoms with van der Waals surface area (Å²) in [5.74, 6) is 0.275. The van der Waals surface area contributed by atoms with Gasteiger partial charge >= 0.3 is 0 Å². The highest BCUT2D eigenvalue weighted by Gasteiger charge is 2.49. The molecule has 4 aliphatic rings. The van der Waals surface area contributed by atoms with Crippen molar-refractivity contribution >= 4 is 34.1 Å². The molecule has 9 aromatic carbocycles. The third-order valence-corrected chi connectivity index (χ3v) is 18.6. The molecule has 0 radical (unpaired) electrons. The minimum absolute atomic E-state index is 0.0147. The number of aliphatic hydroxyl groups is 1. The van der Waals surface area contributed by atoms with Gasteiger partial charge in [-0.2, -0.15) is 0 Å². The summed E-state index contributed by atoms with van der Waals surface area (Å²) < 4.78 is -1.77. The normalized spacial score (nSPS) is 22.1. The Bertz CT molecular complexity index is 4220. The molecule has 15 rings (SSSR count). The number of nitrogens with one attached hydrogen (secondary N) is 1. The fourth-order valence-electron chi connectivity index (χ4n) is 14.3. The average molecular weight is 1110 g/mol. The van der Waals surface area contributed by atoms with E-state index in [0.717, 1.165) is 116 Å². The number of nitrogens with zero attached hydrogens (tertiary/aromatic N) is 4. The molecule has 5 heterocycles. The van der Waals surface area contributed by atoms with Crippen molar-refractivity contribution in [1.82, 2.24) is 24.6 Å². The van der Waals surface area contributed by atoms with Crippen molar-refractivity contribution in [2.45, 2.75) is 62.5 Å². The molecule has 85 heavy (non-hydrogen) atoms. The molecular weight excluding hydrogens is 1040 g/mol. The van der Waals surface area contributed by atoms with E-state index in [9.17, 15) is 5.11 Å². The van der Waals surface area contributed by atoms with Gasteiger partial charge in [0, 0.05) is 108 Å². The quantitative estimate of drug-likeness (QED) is 0.0803. The van der Waals surface area contributed by atoms with Gasteiger partial charge in [-0.15, -0.1) is 0 Å². The topological polar surface area (TPSA) is 104 Å². The lowest BCUT2D eigenvalue weighted by Crippen LogP contribution is -2.33. The predicted molar refractivity (Wildman–Crippen MR) is 347 cm³/mol. The minimum atomic E-state index is -0.905. The standard InChI is InChI=1S/C77H63N5O3/c1-50-40-55(51-18-6-2-7-19-51)30-34-65(77(50)83)59-41-60(68-35-31-56(47-78-68)52-20-8-3-9-21-52)44-63(43-59)81(84)71-28-16-14-26-66(71)75-73(81)38-39-74-76(75)67-27-15-17-29-72(67)82(74,85)64-45-61(69-36-32-57(48-79-69)53-22-10-4-11-23-53)42-62(46-64)70-37-33-58(49-80-70)54-24-12-5-13-25-54/h2-29,32-33,36-46,48-49,55-56,65,68,77-78,83H,30-31,34-35,47H2,1H3. The lowest BCUT2D eigenvalue weighted by Gasteiger charge is -2.41. The Labute approximate surface area is 496 Å². The third kappa shape index (κ3) is 9.09. The van der Waals surface area contributed by atoms with Crippen molar-refractivity contribution in [3.63, 3.8) is 0 Å². The maximum atomic E-state index is 17.2. The Kier molecular flexibility index (Phi) is 13.3. The number of fused-ring (bicyclic) bond motifs is 7. The monoisotopic (exact) mass is 1110 g/mol. The van der Waals surface area contributed by atoms with E-state index in [2.05, 4.69) is 134 Å². The average Bonchev–Trinajstić information content (AvgIpc) is 1.91. The van der Waals surface area contributed by atoms with E-state index in [0.29, 0.717) is 40.0 Å². The fourth-order valence-corrected chi connectivity index (χ4v) is 14.3. The van der Waals surface area contributed by atoms with Crippen LogP contribution in [0.15, 0.2) is 267 Å². The van der Waals surface area contributed by atoms with Gasteiger partial charge in [0.1, 0.15) is 11.4 Å². The van der Waals surface area contributed by atoms with E-state index < -0.39 is 15.4 Å². The highest BCUT2D eigenvalue weighted by molar-refractivity contribution is 6.13. The SMILES string of the molecule is CC1=CC(c2ccccc2)CCC(c2cc(C3CCC(c4ccccc4)CN3)cc([N+]3([O-])c4ccccc4-c4c3ccc3c4-c4ccccc4[N+]3([O-])c3cc(-c4ccc(-c5ccccc5)cn4)cc(-c4ccc(-c5ccccc5)cn4)c3)c2)C1O. The molecule has 8 nitrogen and oxygen atoms in total. The lowest BCUT2D eigenvalue weighted by molar-refractivity contribution is 0.175. The van der Waals surface area contributed by atoms with Crippen LogP contribution in [0.25, 0.3) is 67.0 Å². The molecule has 7 atom stereocenters. The second-order valence-electron chi connectivity index (χ2n) is 23.5. The summed E-state index contributed by atoms with van der Waals surface area (Å²) in [6.07, 6.45) is 8.76. The van der Waals surface area contributed by atoms with Crippen molar-refractivity contribution in [2.24, 2.45) is 0 Å². The van der Waals surface area contributed by atoms with Crippen molar-refractivity contribution in [1.29, 1.82) is 0 Å². The van der Waals surface area contributed by atoms with E-state index in [4.69, 9.17) is 9.97 Å². The summed E-state index contributed by atoms with van der Waals surface area (Å²) in [4.78, 5) is 10.1. The zero-order valence-electron chi connectivity index (χ0n) is 47.3. The summed E-state index contributed by atoms with van der Waals surface area (Å²) in [6.45, 7) is 2.86. The Hall–Kier alpha value is -9.22. The molecular formula is C77H63N5O3. The first kappa shape index (κ1) is 52.6. The number of para-hydroxylation sites is 2. The van der Waals surface area contributed by atoms with E-state index in [1.165, 1.54) is 11.1 Å². The Morgan fingerprint density at radius 2 is 0.918 bits per heavy atom. The number of quaternary nitrogens is 2. The van der Waals surface area contributed by atoms with Gasteiger partial charge in [0.2, 0.25) is 0 Å². The molecule has 2 N–H and O–H groups in total. The minimum Gasteiger partial charge on any atom is -0.616 e. The molecule has 414 valence electrons. The van der Waals surface area contributed by atoms with E-state index >= 15 is 10.4 Å². The number of allylic oxidation sites excluding steroid dienone is 1. The van der Waals surface area contributed by atoms with Crippen LogP contribution in [-0.2, 0) is 0 Å². The first-order valence-electron chi connectivity index (χ1n) is 29.8. The van der Waals surface area contributed by atoms with Crippen molar-refractivity contribution in [2.75, 3.05) is 6.54 Å². The molecule has 7 unspecified atom stereocenters. The number of aromatic nitrogens is 2. The Balaban J connectivity index is 0.880. The largest absolute Gasteiger partial charge is 0.616 e. The smallest absolute Gasteiger partial charge is 0.152 e. The number of benzene rings is 9. The summed E-state index contributed by atoms with van der Waals surface area (Å²) in [5, 5.41) is 50.7. The van der Waals surface area contributed by atoms with Crippen molar-refractivity contribution in [3.8, 4) is 67.0 Å². The first-order valence-corrected chi connectivity index (χ1v) is 29.8. The molecule has 0 amide bonds. The van der Waals surface area contributed by atoms with Crippen LogP contribution in [0.1, 0.15) is 78.7 Å². The van der Waals surface area contributed by atoms with Crippen LogP contribution in [-0.4, -0.2) is 27.7 Å². The van der Waals surface area contributed by atoms with Crippen LogP contribution in [0, 0.1) is 10.4 Å². The highest BCUT2D eigenvalue weighted by Crippen LogP contribution is 2.67. The van der Waals surface area contributed by atoms with Gasteiger partial charge in [0.15, 0.2) is 22.7 Å². The summed E-state index contributed by atoms with van der Waals surface area (Å²) >= 11 is 0. The molecule has 1 fully saturated rings. The molecule has 0 spiro atoms. The van der Waals surface area contributed by atoms with E-state index in [-0.39, 0.29) is 17.9 Å². The number of hydrogen-bond donors (Lipinski definition) is 2. The van der Waals surface area contributed by atoms with Crippen LogP contribution < -0.4 is 14.6 Å².